The van der Waals surface area contributed by atoms with Crippen LogP contribution in [0.15, 0.2) is 0 Å². The second-order valence-corrected chi connectivity index (χ2v) is 3.72. The first-order valence-corrected chi connectivity index (χ1v) is 4.90. The highest BCUT2D eigenvalue weighted by atomic mass is 16.5. The third kappa shape index (κ3) is 2.31. The average Bonchev–Trinajstić information content (AvgIpc) is 2.35. The zero-order chi connectivity index (χ0) is 8.97. The van der Waals surface area contributed by atoms with E-state index >= 15 is 0 Å². The Bertz CT molecular complexity index is 156. The van der Waals surface area contributed by atoms with Crippen molar-refractivity contribution in [1.29, 1.82) is 5.41 Å². The minimum absolute atomic E-state index is 0.413. The summed E-state index contributed by atoms with van der Waals surface area (Å²) in [5, 5.41) is 7.69. The number of ether oxygens (including phenoxy) is 1. The SMILES string of the molecule is CCCOCC1C(=N)CCC1C. The minimum atomic E-state index is 0.413. The highest BCUT2D eigenvalue weighted by Crippen LogP contribution is 2.28. The fourth-order valence-corrected chi connectivity index (χ4v) is 1.73. The molecule has 1 rings (SSSR count). The Labute approximate surface area is 74.8 Å². The quantitative estimate of drug-likeness (QED) is 0.644. The Morgan fingerprint density at radius 2 is 2.33 bits per heavy atom. The lowest BCUT2D eigenvalue weighted by Crippen LogP contribution is -2.19. The van der Waals surface area contributed by atoms with Gasteiger partial charge in [-0.15, -0.1) is 0 Å². The monoisotopic (exact) mass is 169 g/mol. The van der Waals surface area contributed by atoms with E-state index in [0.717, 1.165) is 31.8 Å². The van der Waals surface area contributed by atoms with E-state index in [0.29, 0.717) is 11.8 Å². The predicted molar refractivity (Wildman–Crippen MR) is 50.7 cm³/mol. The van der Waals surface area contributed by atoms with Crippen molar-refractivity contribution < 1.29 is 4.74 Å². The van der Waals surface area contributed by atoms with Gasteiger partial charge in [0.2, 0.25) is 0 Å². The molecule has 2 heteroatoms. The third-order valence-corrected chi connectivity index (χ3v) is 2.65. The van der Waals surface area contributed by atoms with E-state index in [-0.39, 0.29) is 0 Å². The summed E-state index contributed by atoms with van der Waals surface area (Å²) in [4.78, 5) is 0. The maximum absolute atomic E-state index is 7.69. The molecular weight excluding hydrogens is 150 g/mol. The van der Waals surface area contributed by atoms with Crippen LogP contribution in [0, 0.1) is 17.2 Å². The van der Waals surface area contributed by atoms with E-state index in [2.05, 4.69) is 13.8 Å². The van der Waals surface area contributed by atoms with Gasteiger partial charge in [-0.3, -0.25) is 0 Å². The van der Waals surface area contributed by atoms with Crippen molar-refractivity contribution in [3.05, 3.63) is 0 Å². The van der Waals surface area contributed by atoms with Gasteiger partial charge in [-0.25, -0.2) is 0 Å². The van der Waals surface area contributed by atoms with Gasteiger partial charge < -0.3 is 10.1 Å². The van der Waals surface area contributed by atoms with Crippen LogP contribution in [0.1, 0.15) is 33.1 Å². The summed E-state index contributed by atoms with van der Waals surface area (Å²) >= 11 is 0. The number of hydrogen-bond acceptors (Lipinski definition) is 2. The highest BCUT2D eigenvalue weighted by Gasteiger charge is 2.28. The lowest BCUT2D eigenvalue weighted by molar-refractivity contribution is 0.107. The molecule has 0 aromatic carbocycles. The van der Waals surface area contributed by atoms with Gasteiger partial charge in [-0.05, 0) is 25.2 Å². The van der Waals surface area contributed by atoms with Crippen LogP contribution in [-0.4, -0.2) is 18.9 Å². The van der Waals surface area contributed by atoms with E-state index in [1.165, 1.54) is 6.42 Å². The number of hydrogen-bond donors (Lipinski definition) is 1. The molecule has 0 radical (unpaired) electrons. The van der Waals surface area contributed by atoms with Crippen LogP contribution >= 0.6 is 0 Å². The van der Waals surface area contributed by atoms with Gasteiger partial charge in [0.1, 0.15) is 0 Å². The number of rotatable bonds is 4. The van der Waals surface area contributed by atoms with Crippen molar-refractivity contribution >= 4 is 5.71 Å². The Hall–Kier alpha value is -0.370. The Kier molecular flexibility index (Phi) is 3.73. The molecule has 2 nitrogen and oxygen atoms in total. The van der Waals surface area contributed by atoms with Gasteiger partial charge in [-0.1, -0.05) is 13.8 Å². The van der Waals surface area contributed by atoms with E-state index < -0.39 is 0 Å². The van der Waals surface area contributed by atoms with E-state index in [1.54, 1.807) is 0 Å². The summed E-state index contributed by atoms with van der Waals surface area (Å²) in [5.74, 6) is 1.07. The van der Waals surface area contributed by atoms with Crippen LogP contribution in [0.2, 0.25) is 0 Å². The molecule has 0 aromatic heterocycles. The van der Waals surface area contributed by atoms with Gasteiger partial charge in [0.15, 0.2) is 0 Å². The summed E-state index contributed by atoms with van der Waals surface area (Å²) in [5.41, 5.74) is 0.901. The first kappa shape index (κ1) is 9.72. The maximum Gasteiger partial charge on any atom is 0.0548 e. The van der Waals surface area contributed by atoms with Crippen LogP contribution < -0.4 is 0 Å². The molecule has 1 saturated carbocycles. The Morgan fingerprint density at radius 3 is 2.83 bits per heavy atom. The molecule has 0 saturated heterocycles. The van der Waals surface area contributed by atoms with Gasteiger partial charge in [0.05, 0.1) is 6.61 Å². The van der Waals surface area contributed by atoms with Gasteiger partial charge in [-0.2, -0.15) is 0 Å². The Morgan fingerprint density at radius 1 is 1.58 bits per heavy atom. The second kappa shape index (κ2) is 4.61. The fraction of sp³-hybridized carbons (Fsp3) is 0.900. The number of nitrogens with one attached hydrogen (secondary N) is 1. The molecule has 2 atom stereocenters. The summed E-state index contributed by atoms with van der Waals surface area (Å²) in [7, 11) is 0. The molecule has 0 amide bonds. The minimum Gasteiger partial charge on any atom is -0.381 e. The second-order valence-electron chi connectivity index (χ2n) is 3.72. The normalized spacial score (nSPS) is 29.7. The van der Waals surface area contributed by atoms with Crippen LogP contribution in [0.25, 0.3) is 0 Å². The Balaban J connectivity index is 2.25. The van der Waals surface area contributed by atoms with Crippen molar-refractivity contribution in [2.75, 3.05) is 13.2 Å². The average molecular weight is 169 g/mol. The van der Waals surface area contributed by atoms with Gasteiger partial charge in [0.25, 0.3) is 0 Å². The molecule has 0 heterocycles. The van der Waals surface area contributed by atoms with Crippen molar-refractivity contribution in [1.82, 2.24) is 0 Å². The van der Waals surface area contributed by atoms with Crippen molar-refractivity contribution in [3.8, 4) is 0 Å². The standard InChI is InChI=1S/C10H19NO/c1-3-6-12-7-9-8(2)4-5-10(9)11/h8-9,11H,3-7H2,1-2H3. The van der Waals surface area contributed by atoms with Crippen LogP contribution in [-0.2, 0) is 4.74 Å². The maximum atomic E-state index is 7.69. The molecule has 0 spiro atoms. The molecule has 12 heavy (non-hydrogen) atoms. The lowest BCUT2D eigenvalue weighted by Gasteiger charge is -2.14. The van der Waals surface area contributed by atoms with Crippen molar-refractivity contribution in [2.24, 2.45) is 11.8 Å². The molecule has 0 bridgehead atoms. The van der Waals surface area contributed by atoms with Crippen molar-refractivity contribution in [3.63, 3.8) is 0 Å². The first-order chi connectivity index (χ1) is 5.75. The first-order valence-electron chi connectivity index (χ1n) is 4.90. The molecular formula is C10H19NO. The molecule has 0 aliphatic heterocycles. The van der Waals surface area contributed by atoms with E-state index in [1.807, 2.05) is 0 Å². The van der Waals surface area contributed by atoms with Gasteiger partial charge in [0, 0.05) is 18.2 Å². The predicted octanol–water partition coefficient (Wildman–Crippen LogP) is 2.48. The summed E-state index contributed by atoms with van der Waals surface area (Å²) in [6.45, 7) is 5.95. The van der Waals surface area contributed by atoms with Crippen molar-refractivity contribution in [2.45, 2.75) is 33.1 Å². The highest BCUT2D eigenvalue weighted by molar-refractivity contribution is 5.86. The molecule has 70 valence electrons. The molecule has 2 unspecified atom stereocenters. The zero-order valence-corrected chi connectivity index (χ0v) is 8.10. The third-order valence-electron chi connectivity index (χ3n) is 2.65. The summed E-state index contributed by atoms with van der Waals surface area (Å²) in [6, 6.07) is 0. The summed E-state index contributed by atoms with van der Waals surface area (Å²) in [6.07, 6.45) is 3.24. The van der Waals surface area contributed by atoms with Crippen LogP contribution in [0.5, 0.6) is 0 Å². The van der Waals surface area contributed by atoms with Crippen LogP contribution in [0.4, 0.5) is 0 Å². The van der Waals surface area contributed by atoms with Crippen LogP contribution in [0.3, 0.4) is 0 Å². The van der Waals surface area contributed by atoms with E-state index in [4.69, 9.17) is 10.1 Å². The topological polar surface area (TPSA) is 33.1 Å². The lowest BCUT2D eigenvalue weighted by atomic mass is 9.98. The molecule has 1 aliphatic carbocycles. The molecule has 0 aromatic rings. The molecule has 1 fully saturated rings. The summed E-state index contributed by atoms with van der Waals surface area (Å²) < 4.78 is 5.47. The zero-order valence-electron chi connectivity index (χ0n) is 8.10. The molecule has 1 N–H and O–H groups in total. The smallest absolute Gasteiger partial charge is 0.0548 e. The van der Waals surface area contributed by atoms with E-state index in [9.17, 15) is 0 Å². The fourth-order valence-electron chi connectivity index (χ4n) is 1.73. The molecule has 1 aliphatic rings. The van der Waals surface area contributed by atoms with Gasteiger partial charge >= 0.3 is 0 Å². The largest absolute Gasteiger partial charge is 0.381 e.